The predicted octanol–water partition coefficient (Wildman–Crippen LogP) is 5.23. The Labute approximate surface area is 185 Å². The van der Waals surface area contributed by atoms with Gasteiger partial charge in [-0.3, -0.25) is 9.59 Å². The van der Waals surface area contributed by atoms with E-state index in [9.17, 15) is 9.59 Å². The second-order valence-electron chi connectivity index (χ2n) is 7.83. The molecule has 1 unspecified atom stereocenters. The molecule has 0 radical (unpaired) electrons. The van der Waals surface area contributed by atoms with Crippen molar-refractivity contribution in [3.63, 3.8) is 0 Å². The van der Waals surface area contributed by atoms with E-state index in [0.29, 0.717) is 11.0 Å². The number of anilines is 1. The monoisotopic (exact) mass is 432 g/mol. The molecule has 1 aliphatic heterocycles. The number of aromatic nitrogens is 2. The molecule has 4 rings (SSSR count). The van der Waals surface area contributed by atoms with E-state index in [4.69, 9.17) is 0 Å². The Balaban J connectivity index is 1.47. The number of benzene rings is 2. The minimum atomic E-state index is -0.352. The Bertz CT molecular complexity index is 1130. The summed E-state index contributed by atoms with van der Waals surface area (Å²) in [6.45, 7) is 5.81. The van der Waals surface area contributed by atoms with Gasteiger partial charge in [0.2, 0.25) is 16.9 Å². The molecule has 2 aromatic carbocycles. The third-order valence-electron chi connectivity index (χ3n) is 5.34. The maximum absolute atomic E-state index is 12.8. The van der Waals surface area contributed by atoms with Crippen LogP contribution in [0.2, 0.25) is 0 Å². The molecule has 0 saturated heterocycles. The van der Waals surface area contributed by atoms with Gasteiger partial charge in [-0.2, -0.15) is 0 Å². The summed E-state index contributed by atoms with van der Waals surface area (Å²) in [6.07, 6.45) is 3.78. The van der Waals surface area contributed by atoms with Crippen molar-refractivity contribution >= 4 is 34.4 Å². The zero-order valence-corrected chi connectivity index (χ0v) is 18.5. The summed E-state index contributed by atoms with van der Waals surface area (Å²) in [5.41, 5.74) is 4.20. The van der Waals surface area contributed by atoms with Crippen molar-refractivity contribution < 1.29 is 9.59 Å². The third-order valence-corrected chi connectivity index (χ3v) is 6.23. The van der Waals surface area contributed by atoms with Crippen LogP contribution in [0.1, 0.15) is 55.8 Å². The van der Waals surface area contributed by atoms with Crippen molar-refractivity contribution in [3.05, 3.63) is 71.4 Å². The van der Waals surface area contributed by atoms with Gasteiger partial charge in [0.25, 0.3) is 0 Å². The van der Waals surface area contributed by atoms with Crippen molar-refractivity contribution in [3.8, 4) is 10.6 Å². The van der Waals surface area contributed by atoms with Gasteiger partial charge in [-0.25, -0.2) is 0 Å². The number of carbonyl (C=O) groups is 2. The summed E-state index contributed by atoms with van der Waals surface area (Å²) in [6, 6.07) is 15.7. The number of nitrogens with one attached hydrogen (secondary N) is 1. The maximum atomic E-state index is 12.8. The van der Waals surface area contributed by atoms with Crippen molar-refractivity contribution in [1.82, 2.24) is 15.1 Å². The molecule has 0 fully saturated rings. The van der Waals surface area contributed by atoms with E-state index in [1.165, 1.54) is 23.8 Å². The van der Waals surface area contributed by atoms with Crippen LogP contribution in [0.4, 0.5) is 5.13 Å². The molecule has 0 saturated carbocycles. The van der Waals surface area contributed by atoms with Crippen LogP contribution in [-0.4, -0.2) is 26.9 Å². The fourth-order valence-corrected chi connectivity index (χ4v) is 4.43. The van der Waals surface area contributed by atoms with Gasteiger partial charge in [0.15, 0.2) is 0 Å². The van der Waals surface area contributed by atoms with E-state index >= 15 is 0 Å². The Kier molecular flexibility index (Phi) is 5.95. The van der Waals surface area contributed by atoms with E-state index in [1.807, 2.05) is 42.5 Å². The maximum Gasteiger partial charge on any atom is 0.228 e. The van der Waals surface area contributed by atoms with Gasteiger partial charge in [-0.1, -0.05) is 73.7 Å². The van der Waals surface area contributed by atoms with E-state index < -0.39 is 0 Å². The molecule has 6 nitrogen and oxygen atoms in total. The molecular formula is C24H24N4O2S. The van der Waals surface area contributed by atoms with Gasteiger partial charge >= 0.3 is 0 Å². The molecule has 1 aromatic heterocycles. The summed E-state index contributed by atoms with van der Waals surface area (Å²) in [5, 5.41) is 12.4. The first-order valence-corrected chi connectivity index (χ1v) is 11.0. The molecule has 0 spiro atoms. The second kappa shape index (κ2) is 8.81. The van der Waals surface area contributed by atoms with E-state index in [1.54, 1.807) is 11.1 Å². The van der Waals surface area contributed by atoms with Crippen LogP contribution >= 0.6 is 11.3 Å². The summed E-state index contributed by atoms with van der Waals surface area (Å²) in [5.74, 6) is 0.151. The normalized spacial score (nSPS) is 15.1. The number of hydrogen-bond acceptors (Lipinski definition) is 5. The van der Waals surface area contributed by atoms with Gasteiger partial charge in [-0.15, -0.1) is 10.2 Å². The lowest BCUT2D eigenvalue weighted by Gasteiger charge is -2.32. The molecule has 0 bridgehead atoms. The molecule has 0 aliphatic carbocycles. The average molecular weight is 433 g/mol. The highest BCUT2D eigenvalue weighted by Gasteiger charge is 2.28. The third kappa shape index (κ3) is 4.56. The van der Waals surface area contributed by atoms with E-state index in [-0.39, 0.29) is 24.3 Å². The smallest absolute Gasteiger partial charge is 0.228 e. The van der Waals surface area contributed by atoms with Crippen LogP contribution in [0.3, 0.4) is 0 Å². The Morgan fingerprint density at radius 1 is 1.10 bits per heavy atom. The van der Waals surface area contributed by atoms with Gasteiger partial charge in [0.05, 0.1) is 12.5 Å². The lowest BCUT2D eigenvalue weighted by atomic mass is 9.93. The number of carbonyl (C=O) groups excluding carboxylic acids is 2. The van der Waals surface area contributed by atoms with Gasteiger partial charge < -0.3 is 10.2 Å². The summed E-state index contributed by atoms with van der Waals surface area (Å²) in [4.78, 5) is 26.5. The lowest BCUT2D eigenvalue weighted by molar-refractivity contribution is -0.129. The molecule has 3 aromatic rings. The molecular weight excluding hydrogens is 408 g/mol. The molecule has 1 atom stereocenters. The number of hydrogen-bond donors (Lipinski definition) is 1. The van der Waals surface area contributed by atoms with Crippen LogP contribution in [-0.2, 0) is 9.59 Å². The largest absolute Gasteiger partial charge is 0.311 e. The molecule has 158 valence electrons. The Morgan fingerprint density at radius 2 is 1.84 bits per heavy atom. The average Bonchev–Trinajstić information content (AvgIpc) is 3.22. The fraction of sp³-hybridized carbons (Fsp3) is 0.250. The number of amides is 2. The zero-order valence-electron chi connectivity index (χ0n) is 17.7. The topological polar surface area (TPSA) is 75.2 Å². The number of fused-ring (bicyclic) bond motifs is 1. The molecule has 2 heterocycles. The number of rotatable bonds is 5. The Hall–Kier alpha value is -3.32. The zero-order chi connectivity index (χ0) is 22.0. The van der Waals surface area contributed by atoms with Crippen LogP contribution in [0.15, 0.2) is 54.7 Å². The molecule has 31 heavy (non-hydrogen) atoms. The van der Waals surface area contributed by atoms with Crippen molar-refractivity contribution in [2.45, 2.75) is 39.2 Å². The predicted molar refractivity (Wildman–Crippen MR) is 123 cm³/mol. The lowest BCUT2D eigenvalue weighted by Crippen LogP contribution is -2.33. The van der Waals surface area contributed by atoms with Crippen LogP contribution in [0.5, 0.6) is 0 Å². The van der Waals surface area contributed by atoms with Gasteiger partial charge in [0.1, 0.15) is 5.01 Å². The summed E-state index contributed by atoms with van der Waals surface area (Å²) in [7, 11) is 0. The minimum Gasteiger partial charge on any atom is -0.311 e. The molecule has 1 N–H and O–H groups in total. The van der Waals surface area contributed by atoms with Crippen LogP contribution < -0.4 is 5.32 Å². The van der Waals surface area contributed by atoms with Gasteiger partial charge in [0, 0.05) is 18.7 Å². The van der Waals surface area contributed by atoms with Gasteiger partial charge in [-0.05, 0) is 28.7 Å². The molecule has 7 heteroatoms. The Morgan fingerprint density at radius 3 is 2.55 bits per heavy atom. The SMILES string of the molecule is CC(=O)N1C=Cc2ccccc2C1CC(=O)Nc1nnc(-c2ccc(C(C)C)cc2)s1. The van der Waals surface area contributed by atoms with Crippen molar-refractivity contribution in [2.75, 3.05) is 5.32 Å². The van der Waals surface area contributed by atoms with E-state index in [0.717, 1.165) is 21.7 Å². The molecule has 2 amide bonds. The first-order valence-electron chi connectivity index (χ1n) is 10.2. The van der Waals surface area contributed by atoms with Crippen molar-refractivity contribution in [2.24, 2.45) is 0 Å². The highest BCUT2D eigenvalue weighted by molar-refractivity contribution is 7.18. The standard InChI is InChI=1S/C24H24N4O2S/c1-15(2)17-8-10-19(11-9-17)23-26-27-24(31-23)25-22(30)14-21-20-7-5-4-6-18(20)12-13-28(21)16(3)29/h4-13,15,21H,14H2,1-3H3,(H,25,27,30). The van der Waals surface area contributed by atoms with Crippen LogP contribution in [0, 0.1) is 0 Å². The molecule has 1 aliphatic rings. The highest BCUT2D eigenvalue weighted by Crippen LogP contribution is 2.33. The summed E-state index contributed by atoms with van der Waals surface area (Å²) >= 11 is 1.33. The van der Waals surface area contributed by atoms with Crippen LogP contribution in [0.25, 0.3) is 16.6 Å². The summed E-state index contributed by atoms with van der Waals surface area (Å²) < 4.78 is 0. The second-order valence-corrected chi connectivity index (χ2v) is 8.81. The fourth-order valence-electron chi connectivity index (χ4n) is 3.66. The van der Waals surface area contributed by atoms with Crippen molar-refractivity contribution in [1.29, 1.82) is 0 Å². The van der Waals surface area contributed by atoms with E-state index in [2.05, 4.69) is 41.5 Å². The minimum absolute atomic E-state index is 0.105. The first kappa shape index (κ1) is 20.9. The quantitative estimate of drug-likeness (QED) is 0.599. The highest BCUT2D eigenvalue weighted by atomic mass is 32.1. The number of nitrogens with zero attached hydrogens (tertiary/aromatic N) is 3. The first-order chi connectivity index (χ1) is 14.9.